The minimum atomic E-state index is -0.0491. The van der Waals surface area contributed by atoms with Crippen LogP contribution in [0.15, 0.2) is 0 Å². The van der Waals surface area contributed by atoms with Crippen molar-refractivity contribution in [2.24, 2.45) is 0 Å². The number of nitrogens with one attached hydrogen (secondary N) is 1. The summed E-state index contributed by atoms with van der Waals surface area (Å²) in [4.78, 5) is 5.22. The Labute approximate surface area is 57.5 Å². The molecule has 1 radical (unpaired) electrons. The topological polar surface area (TPSA) is 21.3 Å². The molecule has 0 aliphatic heterocycles. The summed E-state index contributed by atoms with van der Waals surface area (Å²) in [5.41, 5.74) is 2.67. The third-order valence-corrected chi connectivity index (χ3v) is 1.30. The summed E-state index contributed by atoms with van der Waals surface area (Å²) >= 11 is 0. The zero-order valence-electron chi connectivity index (χ0n) is 6.69. The molecule has 0 aromatic carbocycles. The highest BCUT2D eigenvalue weighted by atomic mass is 16.7. The second kappa shape index (κ2) is 3.85. The molecule has 0 aliphatic carbocycles. The van der Waals surface area contributed by atoms with Crippen molar-refractivity contribution in [1.29, 1.82) is 0 Å². The van der Waals surface area contributed by atoms with Crippen LogP contribution in [0.4, 0.5) is 0 Å². The molecule has 0 fully saturated rings. The molecule has 0 saturated carbocycles. The van der Waals surface area contributed by atoms with Gasteiger partial charge in [-0.3, -0.25) is 4.84 Å². The lowest BCUT2D eigenvalue weighted by Crippen LogP contribution is -2.29. The molecule has 0 rings (SSSR count). The van der Waals surface area contributed by atoms with Crippen LogP contribution in [0.25, 0.3) is 0 Å². The summed E-state index contributed by atoms with van der Waals surface area (Å²) in [6, 6.07) is 0. The zero-order valence-corrected chi connectivity index (χ0v) is 6.69. The van der Waals surface area contributed by atoms with Gasteiger partial charge >= 0.3 is 0 Å². The van der Waals surface area contributed by atoms with Crippen LogP contribution in [0.3, 0.4) is 0 Å². The van der Waals surface area contributed by atoms with Crippen LogP contribution in [0.5, 0.6) is 0 Å². The summed E-state index contributed by atoms with van der Waals surface area (Å²) in [7, 11) is 0. The standard InChI is InChI=1S/C7H16NO/c1-5-7(3,4)9-8-6-2/h6,8H,5H2,1-4H3. The van der Waals surface area contributed by atoms with Gasteiger partial charge in [0.1, 0.15) is 0 Å². The third-order valence-electron chi connectivity index (χ3n) is 1.30. The fraction of sp³-hybridized carbons (Fsp3) is 0.857. The highest BCUT2D eigenvalue weighted by Gasteiger charge is 2.14. The number of hydroxylamine groups is 1. The van der Waals surface area contributed by atoms with Crippen molar-refractivity contribution in [2.75, 3.05) is 0 Å². The maximum absolute atomic E-state index is 5.22. The van der Waals surface area contributed by atoms with Gasteiger partial charge in [0, 0.05) is 6.54 Å². The van der Waals surface area contributed by atoms with E-state index in [1.54, 1.807) is 6.54 Å². The second-order valence-electron chi connectivity index (χ2n) is 2.62. The largest absolute Gasteiger partial charge is 0.296 e. The first-order chi connectivity index (χ1) is 4.12. The van der Waals surface area contributed by atoms with E-state index in [1.165, 1.54) is 0 Å². The van der Waals surface area contributed by atoms with E-state index in [-0.39, 0.29) is 5.60 Å². The van der Waals surface area contributed by atoms with Crippen LogP contribution in [-0.2, 0) is 4.84 Å². The minimum absolute atomic E-state index is 0.0491. The van der Waals surface area contributed by atoms with Crippen LogP contribution in [-0.4, -0.2) is 5.60 Å². The maximum atomic E-state index is 5.22. The van der Waals surface area contributed by atoms with E-state index in [1.807, 2.05) is 20.8 Å². The van der Waals surface area contributed by atoms with Gasteiger partial charge < -0.3 is 0 Å². The molecule has 2 heteroatoms. The lowest BCUT2D eigenvalue weighted by molar-refractivity contribution is -0.0739. The van der Waals surface area contributed by atoms with Gasteiger partial charge in [0.15, 0.2) is 0 Å². The van der Waals surface area contributed by atoms with E-state index < -0.39 is 0 Å². The molecule has 2 nitrogen and oxygen atoms in total. The van der Waals surface area contributed by atoms with Crippen LogP contribution in [0.2, 0.25) is 0 Å². The number of hydrogen-bond donors (Lipinski definition) is 1. The SMILES string of the molecule is C[CH]NOC(C)(C)CC. The van der Waals surface area contributed by atoms with E-state index >= 15 is 0 Å². The highest BCUT2D eigenvalue weighted by molar-refractivity contribution is 4.63. The number of hydrogen-bond acceptors (Lipinski definition) is 2. The first-order valence-corrected chi connectivity index (χ1v) is 3.33. The Balaban J connectivity index is 3.33. The first-order valence-electron chi connectivity index (χ1n) is 3.33. The molecule has 0 saturated heterocycles. The molecule has 9 heavy (non-hydrogen) atoms. The molecular formula is C7H16NO. The molecule has 0 aromatic rings. The van der Waals surface area contributed by atoms with E-state index in [9.17, 15) is 0 Å². The van der Waals surface area contributed by atoms with Gasteiger partial charge in [-0.1, -0.05) is 6.92 Å². The van der Waals surface area contributed by atoms with Crippen molar-refractivity contribution in [3.8, 4) is 0 Å². The van der Waals surface area contributed by atoms with Gasteiger partial charge in [0.2, 0.25) is 0 Å². The zero-order chi connectivity index (χ0) is 7.33. The Morgan fingerprint density at radius 3 is 2.44 bits per heavy atom. The Morgan fingerprint density at radius 2 is 2.11 bits per heavy atom. The second-order valence-corrected chi connectivity index (χ2v) is 2.62. The smallest absolute Gasteiger partial charge is 0.0838 e. The lowest BCUT2D eigenvalue weighted by atomic mass is 10.1. The average molecular weight is 130 g/mol. The van der Waals surface area contributed by atoms with Crippen LogP contribution in [0, 0.1) is 6.54 Å². The lowest BCUT2D eigenvalue weighted by Gasteiger charge is -2.22. The van der Waals surface area contributed by atoms with Crippen LogP contribution < -0.4 is 5.48 Å². The van der Waals surface area contributed by atoms with Crippen molar-refractivity contribution < 1.29 is 4.84 Å². The van der Waals surface area contributed by atoms with E-state index in [0.29, 0.717) is 0 Å². The summed E-state index contributed by atoms with van der Waals surface area (Å²) in [6.07, 6.45) is 1.01. The Morgan fingerprint density at radius 1 is 1.56 bits per heavy atom. The molecule has 0 bridgehead atoms. The van der Waals surface area contributed by atoms with Crippen molar-refractivity contribution in [3.63, 3.8) is 0 Å². The molecule has 0 aliphatic rings. The molecular weight excluding hydrogens is 114 g/mol. The molecule has 1 N–H and O–H groups in total. The Bertz CT molecular complexity index is 71.3. The highest BCUT2D eigenvalue weighted by Crippen LogP contribution is 2.10. The van der Waals surface area contributed by atoms with Gasteiger partial charge in [0.25, 0.3) is 0 Å². The summed E-state index contributed by atoms with van der Waals surface area (Å²) < 4.78 is 0. The van der Waals surface area contributed by atoms with Crippen molar-refractivity contribution in [3.05, 3.63) is 6.54 Å². The molecule has 0 atom stereocenters. The Hall–Kier alpha value is -0.0800. The van der Waals surface area contributed by atoms with Crippen molar-refractivity contribution >= 4 is 0 Å². The van der Waals surface area contributed by atoms with Gasteiger partial charge in [-0.15, -0.1) is 0 Å². The Kier molecular flexibility index (Phi) is 3.82. The molecule has 0 unspecified atom stereocenters. The van der Waals surface area contributed by atoms with E-state index in [2.05, 4.69) is 12.4 Å². The fourth-order valence-electron chi connectivity index (χ4n) is 0.291. The third kappa shape index (κ3) is 4.43. The van der Waals surface area contributed by atoms with E-state index in [0.717, 1.165) is 6.42 Å². The average Bonchev–Trinajstić information content (AvgIpc) is 1.84. The molecule has 0 amide bonds. The minimum Gasteiger partial charge on any atom is -0.296 e. The van der Waals surface area contributed by atoms with Crippen molar-refractivity contribution in [1.82, 2.24) is 5.48 Å². The van der Waals surface area contributed by atoms with Gasteiger partial charge in [0.05, 0.1) is 5.60 Å². The van der Waals surface area contributed by atoms with Gasteiger partial charge in [-0.05, 0) is 27.2 Å². The maximum Gasteiger partial charge on any atom is 0.0838 e. The molecule has 0 heterocycles. The fourth-order valence-corrected chi connectivity index (χ4v) is 0.291. The monoisotopic (exact) mass is 130 g/mol. The summed E-state index contributed by atoms with van der Waals surface area (Å²) in [6.45, 7) is 9.85. The van der Waals surface area contributed by atoms with Crippen LogP contribution >= 0.6 is 0 Å². The van der Waals surface area contributed by atoms with Crippen LogP contribution in [0.1, 0.15) is 34.1 Å². The normalized spacial score (nSPS) is 12.0. The van der Waals surface area contributed by atoms with Gasteiger partial charge in [-0.25, -0.2) is 0 Å². The summed E-state index contributed by atoms with van der Waals surface area (Å²) in [5.74, 6) is 0. The predicted molar refractivity (Wildman–Crippen MR) is 38.6 cm³/mol. The van der Waals surface area contributed by atoms with Gasteiger partial charge in [-0.2, -0.15) is 5.48 Å². The summed E-state index contributed by atoms with van der Waals surface area (Å²) in [5, 5.41) is 0. The molecule has 0 aromatic heterocycles. The molecule has 55 valence electrons. The van der Waals surface area contributed by atoms with Crippen molar-refractivity contribution in [2.45, 2.75) is 39.7 Å². The quantitative estimate of drug-likeness (QED) is 0.587. The predicted octanol–water partition coefficient (Wildman–Crippen LogP) is 1.88. The number of rotatable bonds is 4. The first kappa shape index (κ1) is 8.92. The van der Waals surface area contributed by atoms with E-state index in [4.69, 9.17) is 4.84 Å². The molecule has 0 spiro atoms.